The molecule has 1 saturated carbocycles. The molecular formula is C6H10N2O6. The van der Waals surface area contributed by atoms with E-state index in [1.807, 2.05) is 0 Å². The average Bonchev–Trinajstić information content (AvgIpc) is 2.01. The van der Waals surface area contributed by atoms with Gasteiger partial charge in [0.15, 0.2) is 0 Å². The van der Waals surface area contributed by atoms with Crippen molar-refractivity contribution in [2.24, 2.45) is 0 Å². The molecule has 8 heteroatoms. The van der Waals surface area contributed by atoms with Crippen molar-refractivity contribution in [1.82, 2.24) is 0 Å². The first-order valence-electron chi connectivity index (χ1n) is 4.21. The van der Waals surface area contributed by atoms with Crippen LogP contribution in [0.2, 0.25) is 0 Å². The molecular weight excluding hydrogens is 196 g/mol. The second-order valence-corrected chi connectivity index (χ2v) is 3.10. The molecule has 0 bridgehead atoms. The van der Waals surface area contributed by atoms with E-state index in [0.717, 1.165) is 6.42 Å². The summed E-state index contributed by atoms with van der Waals surface area (Å²) in [6.45, 7) is 0. The zero-order valence-electron chi connectivity index (χ0n) is 7.38. The van der Waals surface area contributed by atoms with Gasteiger partial charge in [0.25, 0.3) is 16.0 Å². The van der Waals surface area contributed by atoms with E-state index >= 15 is 0 Å². The maximum absolute atomic E-state index is 10.1. The van der Waals surface area contributed by atoms with E-state index in [4.69, 9.17) is 0 Å². The molecule has 0 atom stereocenters. The van der Waals surface area contributed by atoms with Crippen LogP contribution < -0.4 is 0 Å². The van der Waals surface area contributed by atoms with Crippen LogP contribution in [-0.2, 0) is 9.68 Å². The highest BCUT2D eigenvalue weighted by molar-refractivity contribution is 4.72. The highest BCUT2D eigenvalue weighted by atomic mass is 17.1. The summed E-state index contributed by atoms with van der Waals surface area (Å²) >= 11 is 0. The van der Waals surface area contributed by atoms with Gasteiger partial charge in [-0.3, -0.25) is 9.68 Å². The standard InChI is InChI=1S/C6H10N2O6/c9-7(10)13-6(14-8(11)12)4-2-1-3-5-6/h1-5H2. The van der Waals surface area contributed by atoms with Crippen molar-refractivity contribution >= 4 is 0 Å². The van der Waals surface area contributed by atoms with Crippen molar-refractivity contribution in [1.29, 1.82) is 0 Å². The number of nitrogens with zero attached hydrogens (tertiary/aromatic N) is 2. The Kier molecular flexibility index (Phi) is 3.05. The molecule has 0 N–H and O–H groups in total. The Balaban J connectivity index is 2.66. The van der Waals surface area contributed by atoms with Crippen LogP contribution in [0.3, 0.4) is 0 Å². The Morgan fingerprint density at radius 1 is 0.929 bits per heavy atom. The third-order valence-electron chi connectivity index (χ3n) is 2.10. The fourth-order valence-corrected chi connectivity index (χ4v) is 1.56. The third-order valence-corrected chi connectivity index (χ3v) is 2.10. The Labute approximate surface area is 79.0 Å². The molecule has 1 aliphatic rings. The van der Waals surface area contributed by atoms with E-state index in [0.29, 0.717) is 12.8 Å². The van der Waals surface area contributed by atoms with Gasteiger partial charge >= 0.3 is 0 Å². The summed E-state index contributed by atoms with van der Waals surface area (Å²) in [6, 6.07) is 0. The van der Waals surface area contributed by atoms with Crippen LogP contribution in [0.15, 0.2) is 0 Å². The summed E-state index contributed by atoms with van der Waals surface area (Å²) in [5.74, 6) is -1.68. The third kappa shape index (κ3) is 2.71. The predicted molar refractivity (Wildman–Crippen MR) is 42.0 cm³/mol. The molecule has 0 saturated heterocycles. The van der Waals surface area contributed by atoms with Crippen LogP contribution in [0, 0.1) is 20.2 Å². The molecule has 0 spiro atoms. The minimum Gasteiger partial charge on any atom is -0.279 e. The van der Waals surface area contributed by atoms with E-state index in [9.17, 15) is 20.2 Å². The first-order valence-corrected chi connectivity index (χ1v) is 4.21. The minimum absolute atomic E-state index is 0.176. The van der Waals surface area contributed by atoms with Crippen molar-refractivity contribution in [3.63, 3.8) is 0 Å². The first-order chi connectivity index (χ1) is 6.54. The molecule has 1 rings (SSSR count). The zero-order valence-corrected chi connectivity index (χ0v) is 7.38. The van der Waals surface area contributed by atoms with Gasteiger partial charge in [-0.25, -0.2) is 0 Å². The van der Waals surface area contributed by atoms with Crippen LogP contribution in [0.1, 0.15) is 32.1 Å². The van der Waals surface area contributed by atoms with Crippen LogP contribution >= 0.6 is 0 Å². The minimum atomic E-state index is -1.68. The highest BCUT2D eigenvalue weighted by Crippen LogP contribution is 2.32. The first kappa shape index (κ1) is 10.5. The molecule has 1 aliphatic carbocycles. The van der Waals surface area contributed by atoms with Crippen molar-refractivity contribution in [2.75, 3.05) is 0 Å². The lowest BCUT2D eigenvalue weighted by Crippen LogP contribution is -2.41. The smallest absolute Gasteiger partial charge is 0.279 e. The maximum atomic E-state index is 10.1. The van der Waals surface area contributed by atoms with Crippen LogP contribution in [0.5, 0.6) is 0 Å². The topological polar surface area (TPSA) is 105 Å². The fraction of sp³-hybridized carbons (Fsp3) is 1.00. The lowest BCUT2D eigenvalue weighted by Gasteiger charge is -2.31. The van der Waals surface area contributed by atoms with E-state index in [1.54, 1.807) is 0 Å². The van der Waals surface area contributed by atoms with Crippen LogP contribution in [-0.4, -0.2) is 16.0 Å². The van der Waals surface area contributed by atoms with Gasteiger partial charge in [-0.15, -0.1) is 20.2 Å². The maximum Gasteiger partial charge on any atom is 0.297 e. The van der Waals surface area contributed by atoms with Gasteiger partial charge in [-0.2, -0.15) is 0 Å². The Morgan fingerprint density at radius 3 is 1.71 bits per heavy atom. The van der Waals surface area contributed by atoms with E-state index in [2.05, 4.69) is 9.68 Å². The molecule has 14 heavy (non-hydrogen) atoms. The molecule has 0 amide bonds. The molecule has 8 nitrogen and oxygen atoms in total. The lowest BCUT2D eigenvalue weighted by molar-refractivity contribution is -0.874. The molecule has 0 aromatic carbocycles. The van der Waals surface area contributed by atoms with Gasteiger partial charge in [0, 0.05) is 12.8 Å². The summed E-state index contributed by atoms with van der Waals surface area (Å²) in [5, 5.41) is 18.2. The van der Waals surface area contributed by atoms with Crippen molar-refractivity contribution in [3.05, 3.63) is 20.2 Å². The molecule has 1 fully saturated rings. The zero-order chi connectivity index (χ0) is 10.6. The van der Waals surface area contributed by atoms with Gasteiger partial charge < -0.3 is 0 Å². The second kappa shape index (κ2) is 4.07. The van der Waals surface area contributed by atoms with Gasteiger partial charge in [-0.05, 0) is 12.8 Å². The Hall–Kier alpha value is -1.60. The SMILES string of the molecule is O=[N+]([O-])OC1(O[N+](=O)[O-])CCCCC1. The van der Waals surface area contributed by atoms with E-state index < -0.39 is 16.0 Å². The Morgan fingerprint density at radius 2 is 1.36 bits per heavy atom. The van der Waals surface area contributed by atoms with Gasteiger partial charge in [0.05, 0.1) is 0 Å². The lowest BCUT2D eigenvalue weighted by atomic mass is 9.94. The van der Waals surface area contributed by atoms with Gasteiger partial charge in [-0.1, -0.05) is 6.42 Å². The molecule has 0 unspecified atom stereocenters. The molecule has 0 aliphatic heterocycles. The highest BCUT2D eigenvalue weighted by Gasteiger charge is 2.40. The monoisotopic (exact) mass is 206 g/mol. The number of hydrogen-bond donors (Lipinski definition) is 0. The normalized spacial score (nSPS) is 19.7. The van der Waals surface area contributed by atoms with Crippen molar-refractivity contribution < 1.29 is 19.8 Å². The Bertz CT molecular complexity index is 218. The van der Waals surface area contributed by atoms with E-state index in [1.165, 1.54) is 0 Å². The average molecular weight is 206 g/mol. The number of rotatable bonds is 4. The molecule has 80 valence electrons. The predicted octanol–water partition coefficient (Wildman–Crippen LogP) is 1.06. The van der Waals surface area contributed by atoms with Crippen molar-refractivity contribution in [3.8, 4) is 0 Å². The molecule has 0 aromatic heterocycles. The quantitative estimate of drug-likeness (QED) is 0.387. The largest absolute Gasteiger partial charge is 0.297 e. The fourth-order valence-electron chi connectivity index (χ4n) is 1.56. The summed E-state index contributed by atoms with van der Waals surface area (Å²) < 4.78 is 0. The van der Waals surface area contributed by atoms with Gasteiger partial charge in [0.2, 0.25) is 0 Å². The van der Waals surface area contributed by atoms with Crippen LogP contribution in [0.4, 0.5) is 0 Å². The number of hydrogen-bond acceptors (Lipinski definition) is 6. The molecule has 0 heterocycles. The van der Waals surface area contributed by atoms with Crippen molar-refractivity contribution in [2.45, 2.75) is 37.9 Å². The van der Waals surface area contributed by atoms with Crippen LogP contribution in [0.25, 0.3) is 0 Å². The second-order valence-electron chi connectivity index (χ2n) is 3.10. The summed E-state index contributed by atoms with van der Waals surface area (Å²) in [6.07, 6.45) is 2.48. The molecule has 0 radical (unpaired) electrons. The van der Waals surface area contributed by atoms with Gasteiger partial charge in [0.1, 0.15) is 0 Å². The summed E-state index contributed by atoms with van der Waals surface area (Å²) in [7, 11) is 0. The summed E-state index contributed by atoms with van der Waals surface area (Å²) in [4.78, 5) is 28.8. The summed E-state index contributed by atoms with van der Waals surface area (Å²) in [5.41, 5.74) is 0. The van der Waals surface area contributed by atoms with E-state index in [-0.39, 0.29) is 12.8 Å². The molecule has 0 aromatic rings.